The van der Waals surface area contributed by atoms with Crippen LogP contribution in [0.1, 0.15) is 12.0 Å². The van der Waals surface area contributed by atoms with Gasteiger partial charge in [-0.1, -0.05) is 23.4 Å². The number of benzene rings is 1. The quantitative estimate of drug-likeness (QED) is 0.532. The topological polar surface area (TPSA) is 69.0 Å². The molecular formula is C15H16ClF3N4O2S. The fourth-order valence-corrected chi connectivity index (χ4v) is 2.91. The van der Waals surface area contributed by atoms with Gasteiger partial charge in [0.15, 0.2) is 5.16 Å². The number of aromatic nitrogens is 3. The Morgan fingerprint density at radius 3 is 2.88 bits per heavy atom. The van der Waals surface area contributed by atoms with Crippen molar-refractivity contribution in [2.45, 2.75) is 24.3 Å². The fourth-order valence-electron chi connectivity index (χ4n) is 2.00. The number of anilines is 1. The summed E-state index contributed by atoms with van der Waals surface area (Å²) < 4.78 is 45.0. The lowest BCUT2D eigenvalue weighted by molar-refractivity contribution is -0.137. The minimum atomic E-state index is -4.52. The number of nitrogens with one attached hydrogen (secondary N) is 1. The monoisotopic (exact) mass is 408 g/mol. The Hall–Kier alpha value is -1.78. The summed E-state index contributed by atoms with van der Waals surface area (Å²) in [5, 5.41) is 10.7. The van der Waals surface area contributed by atoms with E-state index in [9.17, 15) is 18.0 Å². The van der Waals surface area contributed by atoms with Crippen LogP contribution in [0.2, 0.25) is 5.02 Å². The molecule has 0 saturated heterocycles. The van der Waals surface area contributed by atoms with Crippen LogP contribution in [0.5, 0.6) is 0 Å². The van der Waals surface area contributed by atoms with Gasteiger partial charge in [-0.2, -0.15) is 13.2 Å². The van der Waals surface area contributed by atoms with Crippen molar-refractivity contribution < 1.29 is 22.7 Å². The van der Waals surface area contributed by atoms with Gasteiger partial charge in [0.25, 0.3) is 0 Å². The zero-order valence-electron chi connectivity index (χ0n) is 13.7. The molecule has 6 nitrogen and oxygen atoms in total. The van der Waals surface area contributed by atoms with E-state index in [2.05, 4.69) is 15.5 Å². The van der Waals surface area contributed by atoms with Gasteiger partial charge in [0.1, 0.15) is 6.33 Å². The molecule has 1 amide bonds. The van der Waals surface area contributed by atoms with Gasteiger partial charge >= 0.3 is 6.18 Å². The summed E-state index contributed by atoms with van der Waals surface area (Å²) in [6.45, 7) is 1.21. The number of thioether (sulfide) groups is 1. The van der Waals surface area contributed by atoms with Crippen LogP contribution in [0.3, 0.4) is 0 Å². The number of carbonyl (C=O) groups is 1. The van der Waals surface area contributed by atoms with Crippen LogP contribution in [-0.4, -0.2) is 40.1 Å². The molecule has 1 aromatic heterocycles. The summed E-state index contributed by atoms with van der Waals surface area (Å²) in [5.41, 5.74) is -0.976. The number of ether oxygens (including phenoxy) is 1. The number of hydrogen-bond acceptors (Lipinski definition) is 5. The number of rotatable bonds is 8. The third kappa shape index (κ3) is 5.89. The largest absolute Gasteiger partial charge is 0.416 e. The molecule has 0 saturated carbocycles. The van der Waals surface area contributed by atoms with Crippen LogP contribution >= 0.6 is 23.4 Å². The number of halogens is 4. The maximum absolute atomic E-state index is 12.8. The predicted octanol–water partition coefficient (Wildman–Crippen LogP) is 3.72. The summed E-state index contributed by atoms with van der Waals surface area (Å²) in [5.74, 6) is -0.544. The van der Waals surface area contributed by atoms with Gasteiger partial charge in [-0.05, 0) is 24.6 Å². The second-order valence-electron chi connectivity index (χ2n) is 5.18. The third-order valence-electron chi connectivity index (χ3n) is 3.23. The van der Waals surface area contributed by atoms with Crippen molar-refractivity contribution in [3.05, 3.63) is 35.1 Å². The molecule has 0 spiro atoms. The van der Waals surface area contributed by atoms with E-state index in [4.69, 9.17) is 16.3 Å². The van der Waals surface area contributed by atoms with Gasteiger partial charge in [-0.3, -0.25) is 4.79 Å². The zero-order valence-corrected chi connectivity index (χ0v) is 15.3. The molecule has 2 rings (SSSR count). The van der Waals surface area contributed by atoms with Crippen molar-refractivity contribution in [1.82, 2.24) is 14.8 Å². The molecule has 0 aliphatic carbocycles. The molecule has 0 bridgehead atoms. The first-order chi connectivity index (χ1) is 12.3. The maximum Gasteiger partial charge on any atom is 0.416 e. The Labute approximate surface area is 157 Å². The molecule has 0 fully saturated rings. The number of alkyl halides is 3. The molecule has 2 aromatic rings. The first-order valence-corrected chi connectivity index (χ1v) is 8.83. The highest BCUT2D eigenvalue weighted by atomic mass is 35.5. The van der Waals surface area contributed by atoms with E-state index in [-0.39, 0.29) is 16.5 Å². The minimum absolute atomic E-state index is 0.0269. The second-order valence-corrected chi connectivity index (χ2v) is 6.53. The number of aryl methyl sites for hydroxylation is 1. The molecule has 0 aliphatic heterocycles. The van der Waals surface area contributed by atoms with Crippen LogP contribution in [0, 0.1) is 0 Å². The highest BCUT2D eigenvalue weighted by molar-refractivity contribution is 7.99. The number of methoxy groups -OCH3 is 1. The van der Waals surface area contributed by atoms with E-state index < -0.39 is 17.6 Å². The van der Waals surface area contributed by atoms with Crippen molar-refractivity contribution >= 4 is 35.0 Å². The third-order valence-corrected chi connectivity index (χ3v) is 4.54. The van der Waals surface area contributed by atoms with E-state index in [1.807, 2.05) is 0 Å². The minimum Gasteiger partial charge on any atom is -0.385 e. The lowest BCUT2D eigenvalue weighted by Crippen LogP contribution is -2.16. The van der Waals surface area contributed by atoms with Gasteiger partial charge in [0, 0.05) is 20.3 Å². The number of carbonyl (C=O) groups excluding carboxylic acids is 1. The van der Waals surface area contributed by atoms with Crippen LogP contribution in [0.4, 0.5) is 18.9 Å². The second kappa shape index (κ2) is 9.24. The highest BCUT2D eigenvalue weighted by Gasteiger charge is 2.31. The Bertz CT molecular complexity index is 755. The van der Waals surface area contributed by atoms with Crippen molar-refractivity contribution in [1.29, 1.82) is 0 Å². The number of amides is 1. The van der Waals surface area contributed by atoms with Gasteiger partial charge in [0.2, 0.25) is 5.91 Å². The van der Waals surface area contributed by atoms with Crippen molar-refractivity contribution in [2.24, 2.45) is 0 Å². The van der Waals surface area contributed by atoms with Crippen molar-refractivity contribution in [3.63, 3.8) is 0 Å². The Kier molecular flexibility index (Phi) is 7.30. The average Bonchev–Trinajstić information content (AvgIpc) is 3.01. The Morgan fingerprint density at radius 2 is 2.19 bits per heavy atom. The van der Waals surface area contributed by atoms with Gasteiger partial charge in [-0.25, -0.2) is 0 Å². The van der Waals surface area contributed by atoms with Crippen LogP contribution in [0.25, 0.3) is 0 Å². The van der Waals surface area contributed by atoms with Crippen LogP contribution in [-0.2, 0) is 22.3 Å². The maximum atomic E-state index is 12.8. The molecule has 142 valence electrons. The van der Waals surface area contributed by atoms with Crippen molar-refractivity contribution in [3.8, 4) is 0 Å². The summed E-state index contributed by atoms with van der Waals surface area (Å²) >= 11 is 6.98. The lowest BCUT2D eigenvalue weighted by atomic mass is 10.2. The van der Waals surface area contributed by atoms with Crippen LogP contribution in [0.15, 0.2) is 29.7 Å². The average molecular weight is 409 g/mol. The van der Waals surface area contributed by atoms with E-state index in [0.29, 0.717) is 18.3 Å². The predicted molar refractivity (Wildman–Crippen MR) is 92.3 cm³/mol. The number of nitrogens with zero attached hydrogens (tertiary/aromatic N) is 3. The Morgan fingerprint density at radius 1 is 1.42 bits per heavy atom. The van der Waals surface area contributed by atoms with Crippen LogP contribution < -0.4 is 5.32 Å². The smallest absolute Gasteiger partial charge is 0.385 e. The summed E-state index contributed by atoms with van der Waals surface area (Å²) in [7, 11) is 1.60. The lowest BCUT2D eigenvalue weighted by Gasteiger charge is -2.11. The molecule has 11 heteroatoms. The summed E-state index contributed by atoms with van der Waals surface area (Å²) in [6, 6.07) is 2.76. The van der Waals surface area contributed by atoms with Gasteiger partial charge < -0.3 is 14.6 Å². The van der Waals surface area contributed by atoms with Gasteiger partial charge in [0.05, 0.1) is 22.0 Å². The normalized spacial score (nSPS) is 11.6. The molecule has 0 radical (unpaired) electrons. The molecule has 0 atom stereocenters. The fraction of sp³-hybridized carbons (Fsp3) is 0.400. The molecule has 26 heavy (non-hydrogen) atoms. The first-order valence-electron chi connectivity index (χ1n) is 7.47. The SMILES string of the molecule is COCCCn1cnnc1SCC(=O)Nc1cc(C(F)(F)F)ccc1Cl. The molecule has 1 aromatic carbocycles. The van der Waals surface area contributed by atoms with E-state index in [0.717, 1.165) is 36.4 Å². The summed E-state index contributed by atoms with van der Waals surface area (Å²) in [6.07, 6.45) is -2.22. The van der Waals surface area contributed by atoms with Crippen molar-refractivity contribution in [2.75, 3.05) is 24.8 Å². The van der Waals surface area contributed by atoms with E-state index in [1.54, 1.807) is 18.0 Å². The van der Waals surface area contributed by atoms with E-state index >= 15 is 0 Å². The molecular weight excluding hydrogens is 393 g/mol. The zero-order chi connectivity index (χ0) is 19.2. The first kappa shape index (κ1) is 20.5. The van der Waals surface area contributed by atoms with E-state index in [1.165, 1.54) is 0 Å². The summed E-state index contributed by atoms with van der Waals surface area (Å²) in [4.78, 5) is 12.0. The standard InChI is InChI=1S/C15H16ClF3N4O2S/c1-25-6-2-5-23-9-20-22-14(23)26-8-13(24)21-12-7-10(15(17,18)19)3-4-11(12)16/h3-4,7,9H,2,5-6,8H2,1H3,(H,21,24). The molecule has 0 unspecified atom stereocenters. The Balaban J connectivity index is 1.95. The molecule has 1 N–H and O–H groups in total. The van der Waals surface area contributed by atoms with Gasteiger partial charge in [-0.15, -0.1) is 10.2 Å². The molecule has 1 heterocycles. The highest BCUT2D eigenvalue weighted by Crippen LogP contribution is 2.33. The number of hydrogen-bond donors (Lipinski definition) is 1. The molecule has 0 aliphatic rings.